The van der Waals surface area contributed by atoms with Gasteiger partial charge in [-0.25, -0.2) is 18.7 Å². The zero-order valence-electron chi connectivity index (χ0n) is 34.2. The summed E-state index contributed by atoms with van der Waals surface area (Å²) in [4.78, 5) is 27.4. The number of carboxylic acid groups (broad SMARTS) is 2. The van der Waals surface area contributed by atoms with E-state index in [-0.39, 0.29) is 80.5 Å². The van der Waals surface area contributed by atoms with Gasteiger partial charge < -0.3 is 82.0 Å². The van der Waals surface area contributed by atoms with E-state index >= 15 is 0 Å². The third kappa shape index (κ3) is 11.1. The van der Waals surface area contributed by atoms with E-state index in [4.69, 9.17) is 65.4 Å². The first-order chi connectivity index (χ1) is 29.0. The first kappa shape index (κ1) is 53.2. The molecule has 2 saturated heterocycles. The van der Waals surface area contributed by atoms with Gasteiger partial charge in [-0.1, -0.05) is 52.5 Å². The Balaban J connectivity index is 0.00000436. The third-order valence-corrected chi connectivity index (χ3v) is 12.1. The van der Waals surface area contributed by atoms with Gasteiger partial charge in [-0.2, -0.15) is 0 Å². The van der Waals surface area contributed by atoms with Gasteiger partial charge in [-0.15, -0.1) is 0 Å². The summed E-state index contributed by atoms with van der Waals surface area (Å²) in [6.45, 7) is 5.60. The minimum absolute atomic E-state index is 0. The number of carbonyl (C=O) groups is 2. The molecule has 10 atom stereocenters. The van der Waals surface area contributed by atoms with E-state index in [9.17, 15) is 50.4 Å². The van der Waals surface area contributed by atoms with E-state index in [2.05, 4.69) is 9.80 Å². The average Bonchev–Trinajstić information content (AvgIpc) is 3.66. The van der Waals surface area contributed by atoms with Crippen molar-refractivity contribution in [3.05, 3.63) is 68.2 Å². The zero-order chi connectivity index (χ0) is 44.4. The van der Waals surface area contributed by atoms with Gasteiger partial charge in [0, 0.05) is 44.1 Å². The Kier molecular flexibility index (Phi) is 19.3. The fourth-order valence-corrected chi connectivity index (χ4v) is 8.27. The molecule has 63 heavy (non-hydrogen) atoms. The van der Waals surface area contributed by atoms with E-state index in [0.29, 0.717) is 40.0 Å². The fraction of sp³-hybridized carbons (Fsp3) is 0.513. The summed E-state index contributed by atoms with van der Waals surface area (Å²) in [5, 5.41) is 81.8. The maximum Gasteiger partial charge on any atom is 1.00 e. The van der Waals surface area contributed by atoms with Gasteiger partial charge in [0.1, 0.15) is 42.4 Å². The molecule has 10 unspecified atom stereocenters. The van der Waals surface area contributed by atoms with Crippen molar-refractivity contribution in [3.8, 4) is 0 Å². The van der Waals surface area contributed by atoms with Crippen molar-refractivity contribution in [1.82, 2.24) is 4.57 Å². The fourth-order valence-electron chi connectivity index (χ4n) is 7.64. The molecular weight excluding hydrogens is 933 g/mol. The molecule has 4 heterocycles. The normalized spacial score (nSPS) is 27.1. The Morgan fingerprint density at radius 2 is 1.17 bits per heavy atom. The van der Waals surface area contributed by atoms with Crippen molar-refractivity contribution in [2.45, 2.75) is 101 Å². The number of aromatic nitrogens is 2. The molecule has 3 aliphatic heterocycles. The Hall–Kier alpha value is -2.42. The molecule has 0 aliphatic carbocycles. The van der Waals surface area contributed by atoms with Crippen LogP contribution >= 0.6 is 46.4 Å². The van der Waals surface area contributed by atoms with Gasteiger partial charge >= 0.3 is 30.8 Å². The molecule has 3 aromatic rings. The molecule has 342 valence electrons. The van der Waals surface area contributed by atoms with E-state index in [0.717, 1.165) is 17.2 Å². The SMILES string of the molecule is CCN1C(=C/C=C/c2n(CCCOC3OC(C(=O)O)C(O)C(O)C3O)c3cc(Cl)c(Cl)cc3[n+]2CCCOC2OC(C(=O)O)C(O)C(O)C2O)N(CC)c2cc(Cl)c(Cl)cc21.[Cl-].[Li+]. The predicted molar refractivity (Wildman–Crippen MR) is 222 cm³/mol. The van der Waals surface area contributed by atoms with Crippen LogP contribution < -0.4 is 45.6 Å². The summed E-state index contributed by atoms with van der Waals surface area (Å²) in [6.07, 6.45) is -11.4. The molecule has 2 fully saturated rings. The number of hydrogen-bond acceptors (Lipinski definition) is 14. The summed E-state index contributed by atoms with van der Waals surface area (Å²) in [6, 6.07) is 7.03. The molecule has 1 aromatic heterocycles. The van der Waals surface area contributed by atoms with Gasteiger partial charge in [0.15, 0.2) is 35.8 Å². The van der Waals surface area contributed by atoms with Crippen LogP contribution in [0.2, 0.25) is 20.1 Å². The Morgan fingerprint density at radius 1 is 0.714 bits per heavy atom. The quantitative estimate of drug-likeness (QED) is 0.0392. The van der Waals surface area contributed by atoms with Crippen molar-refractivity contribution in [1.29, 1.82) is 0 Å². The molecule has 3 aliphatic rings. The van der Waals surface area contributed by atoms with Crippen LogP contribution in [0.25, 0.3) is 17.1 Å². The van der Waals surface area contributed by atoms with Gasteiger partial charge in [-0.3, -0.25) is 0 Å². The number of carboxylic acids is 2. The van der Waals surface area contributed by atoms with Gasteiger partial charge in [0.25, 0.3) is 5.82 Å². The molecule has 0 radical (unpaired) electrons. The largest absolute Gasteiger partial charge is 1.00 e. The number of fused-ring (bicyclic) bond motifs is 2. The van der Waals surface area contributed by atoms with Gasteiger partial charge in [0.2, 0.25) is 0 Å². The molecule has 24 heteroatoms. The van der Waals surface area contributed by atoms with Crippen molar-refractivity contribution >= 4 is 86.8 Å². The second-order valence-electron chi connectivity index (χ2n) is 14.5. The number of anilines is 2. The van der Waals surface area contributed by atoms with Crippen LogP contribution in [-0.2, 0) is 41.6 Å². The van der Waals surface area contributed by atoms with Crippen LogP contribution in [0.1, 0.15) is 32.5 Å². The number of imidazole rings is 1. The molecular formula is C39H47Cl5LiN4O14+. The number of benzene rings is 2. The van der Waals surface area contributed by atoms with E-state index in [1.54, 1.807) is 12.1 Å². The second-order valence-corrected chi connectivity index (χ2v) is 16.1. The van der Waals surface area contributed by atoms with Gasteiger partial charge in [-0.05, 0) is 32.1 Å². The van der Waals surface area contributed by atoms with Gasteiger partial charge in [0.05, 0.1) is 57.8 Å². The van der Waals surface area contributed by atoms with Crippen LogP contribution in [0, 0.1) is 0 Å². The first-order valence-corrected chi connectivity index (χ1v) is 20.9. The predicted octanol–water partition coefficient (Wildman–Crippen LogP) is -3.63. The molecule has 0 saturated carbocycles. The standard InChI is InChI=1S/C39H46Cl4N4O14.ClH.Li/c1-3-44-22-14-18(40)19(41)15-23(22)45(4-2)26(44)8-5-9-27-46(10-6-12-58-38-32(52)28(48)30(50)34(60-38)36(54)55)24-16-20(42)21(43)17-25(24)47(27)11-7-13-59-39-33(53)29(49)31(51)35(61-39)37(56)57;;/h5,8-9,14-17,28-35,38-39,48-53H,3-4,6-7,10-13H2,1-2H3,(H-,54,55,56,57);1H;/q;;+1. The molecule has 2 aromatic carbocycles. The van der Waals surface area contributed by atoms with Crippen LogP contribution in [0.5, 0.6) is 0 Å². The zero-order valence-corrected chi connectivity index (χ0v) is 38.0. The molecule has 0 amide bonds. The number of ether oxygens (including phenoxy) is 4. The number of aliphatic hydroxyl groups excluding tert-OH is 6. The minimum Gasteiger partial charge on any atom is -1.00 e. The Morgan fingerprint density at radius 3 is 1.65 bits per heavy atom. The summed E-state index contributed by atoms with van der Waals surface area (Å²) >= 11 is 26.0. The monoisotopic (exact) mass is 977 g/mol. The molecule has 18 nitrogen and oxygen atoms in total. The first-order valence-electron chi connectivity index (χ1n) is 19.4. The molecule has 0 spiro atoms. The average molecular weight is 980 g/mol. The van der Waals surface area contributed by atoms with E-state index in [1.807, 2.05) is 53.3 Å². The maximum atomic E-state index is 11.6. The number of nitrogens with zero attached hydrogens (tertiary/aromatic N) is 4. The number of aliphatic carboxylic acids is 2. The third-order valence-electron chi connectivity index (χ3n) is 10.7. The minimum atomic E-state index is -1.87. The van der Waals surface area contributed by atoms with Crippen LogP contribution in [0.3, 0.4) is 0 Å². The summed E-state index contributed by atoms with van der Waals surface area (Å²) in [5.41, 5.74) is 3.08. The summed E-state index contributed by atoms with van der Waals surface area (Å²) in [5.74, 6) is -1.59. The van der Waals surface area contributed by atoms with E-state index in [1.165, 1.54) is 0 Å². The number of aliphatic hydroxyl groups is 6. The van der Waals surface area contributed by atoms with Crippen molar-refractivity contribution in [2.24, 2.45) is 0 Å². The van der Waals surface area contributed by atoms with Crippen molar-refractivity contribution in [2.75, 3.05) is 36.1 Å². The Bertz CT molecular complexity index is 2030. The smallest absolute Gasteiger partial charge is 1.00 e. The Labute approximate surface area is 399 Å². The van der Waals surface area contributed by atoms with Crippen LogP contribution in [0.15, 0.2) is 42.2 Å². The van der Waals surface area contributed by atoms with Crippen LogP contribution in [-0.4, -0.2) is 145 Å². The van der Waals surface area contributed by atoms with E-state index < -0.39 is 73.4 Å². The topological polar surface area (TPSA) is 248 Å². The molecule has 0 bridgehead atoms. The van der Waals surface area contributed by atoms with Crippen molar-refractivity contribution < 1.29 is 105 Å². The number of hydrogen-bond donors (Lipinski definition) is 8. The number of rotatable bonds is 16. The number of halogens is 5. The number of allylic oxidation sites excluding steroid dienone is 2. The maximum absolute atomic E-state index is 11.6. The second kappa shape index (κ2) is 22.9. The molecule has 8 N–H and O–H groups in total. The summed E-state index contributed by atoms with van der Waals surface area (Å²) in [7, 11) is 0. The summed E-state index contributed by atoms with van der Waals surface area (Å²) < 4.78 is 25.8. The number of aryl methyl sites for hydroxylation is 2. The van der Waals surface area contributed by atoms with Crippen LogP contribution in [0.4, 0.5) is 11.4 Å². The van der Waals surface area contributed by atoms with Crippen molar-refractivity contribution in [3.63, 3.8) is 0 Å². The molecule has 6 rings (SSSR count).